The molecule has 0 aliphatic rings. The highest BCUT2D eigenvalue weighted by molar-refractivity contribution is 7.92. The molecule has 1 amide bonds. The second-order valence-corrected chi connectivity index (χ2v) is 5.83. The molecule has 8 heteroatoms. The van der Waals surface area contributed by atoms with Crippen LogP contribution in [-0.4, -0.2) is 38.2 Å². The third-order valence-corrected chi connectivity index (χ3v) is 4.01. The van der Waals surface area contributed by atoms with E-state index in [0.29, 0.717) is 6.07 Å². The minimum Gasteiger partial charge on any atom is -0.478 e. The van der Waals surface area contributed by atoms with Gasteiger partial charge >= 0.3 is 5.97 Å². The molecule has 0 aliphatic heterocycles. The average Bonchev–Trinajstić information content (AvgIpc) is 2.31. The molecule has 1 rings (SSSR count). The molecule has 0 heterocycles. The molecule has 0 saturated carbocycles. The van der Waals surface area contributed by atoms with Crippen LogP contribution in [0.4, 0.5) is 4.39 Å². The molecule has 0 radical (unpaired) electrons. The van der Waals surface area contributed by atoms with Crippen molar-refractivity contribution in [2.24, 2.45) is 0 Å². The molecule has 1 aromatic carbocycles. The Morgan fingerprint density at radius 3 is 2.42 bits per heavy atom. The zero-order valence-electron chi connectivity index (χ0n) is 10.2. The molecule has 0 bridgehead atoms. The monoisotopic (exact) mass is 289 g/mol. The fourth-order valence-corrected chi connectivity index (χ4v) is 2.71. The largest absolute Gasteiger partial charge is 0.478 e. The van der Waals surface area contributed by atoms with Gasteiger partial charge in [0, 0.05) is 7.05 Å². The van der Waals surface area contributed by atoms with Gasteiger partial charge in [-0.2, -0.15) is 0 Å². The van der Waals surface area contributed by atoms with Gasteiger partial charge in [0.1, 0.15) is 11.6 Å². The van der Waals surface area contributed by atoms with E-state index in [1.54, 1.807) is 0 Å². The topological polar surface area (TPSA) is 101 Å². The number of aromatic carboxylic acids is 1. The molecule has 0 saturated heterocycles. The maximum absolute atomic E-state index is 13.5. The normalized spacial score (nSPS) is 11.1. The fraction of sp³-hybridized carbons (Fsp3) is 0.273. The summed E-state index contributed by atoms with van der Waals surface area (Å²) in [6.45, 7) is 1.25. The molecule has 104 valence electrons. The predicted octanol–water partition coefficient (Wildman–Crippen LogP) is 0.352. The first kappa shape index (κ1) is 15.1. The molecule has 0 fully saturated rings. The number of nitrogens with one attached hydrogen (secondary N) is 1. The van der Waals surface area contributed by atoms with Gasteiger partial charge in [-0.3, -0.25) is 4.79 Å². The smallest absolute Gasteiger partial charge is 0.338 e. The predicted molar refractivity (Wildman–Crippen MR) is 64.2 cm³/mol. The Hall–Kier alpha value is -1.96. The fourth-order valence-electron chi connectivity index (χ4n) is 1.40. The van der Waals surface area contributed by atoms with Crippen molar-refractivity contribution < 1.29 is 27.5 Å². The van der Waals surface area contributed by atoms with E-state index in [2.05, 4.69) is 5.32 Å². The first-order valence-electron chi connectivity index (χ1n) is 5.16. The van der Waals surface area contributed by atoms with E-state index >= 15 is 0 Å². The lowest BCUT2D eigenvalue weighted by Crippen LogP contribution is -2.27. The molecule has 0 aromatic heterocycles. The van der Waals surface area contributed by atoms with Crippen LogP contribution in [0, 0.1) is 12.7 Å². The number of halogens is 1. The Bertz CT molecular complexity index is 639. The Kier molecular flexibility index (Phi) is 4.25. The van der Waals surface area contributed by atoms with Crippen molar-refractivity contribution in [2.75, 3.05) is 12.8 Å². The van der Waals surface area contributed by atoms with Crippen molar-refractivity contribution in [3.8, 4) is 0 Å². The molecule has 0 aliphatic carbocycles. The van der Waals surface area contributed by atoms with Crippen LogP contribution in [0.15, 0.2) is 17.0 Å². The van der Waals surface area contributed by atoms with Gasteiger partial charge in [0.15, 0.2) is 9.84 Å². The SMILES string of the molecule is CNC(=O)CS(=O)(=O)c1cc(C)c(F)c(C(=O)O)c1. The highest BCUT2D eigenvalue weighted by Crippen LogP contribution is 2.20. The molecule has 0 spiro atoms. The van der Waals surface area contributed by atoms with Gasteiger partial charge in [-0.1, -0.05) is 0 Å². The van der Waals surface area contributed by atoms with Crippen molar-refractivity contribution in [1.82, 2.24) is 5.32 Å². The second kappa shape index (κ2) is 5.35. The number of carboxylic acid groups (broad SMARTS) is 1. The first-order chi connectivity index (χ1) is 8.69. The van der Waals surface area contributed by atoms with Crippen molar-refractivity contribution in [3.05, 3.63) is 29.1 Å². The van der Waals surface area contributed by atoms with Crippen LogP contribution in [0.3, 0.4) is 0 Å². The lowest BCUT2D eigenvalue weighted by atomic mass is 10.1. The highest BCUT2D eigenvalue weighted by Gasteiger charge is 2.23. The zero-order chi connectivity index (χ0) is 14.8. The van der Waals surface area contributed by atoms with E-state index in [4.69, 9.17) is 5.11 Å². The molecule has 19 heavy (non-hydrogen) atoms. The maximum atomic E-state index is 13.5. The maximum Gasteiger partial charge on any atom is 0.338 e. The molecular weight excluding hydrogens is 277 g/mol. The van der Waals surface area contributed by atoms with Crippen LogP contribution in [0.5, 0.6) is 0 Å². The Labute approximate surface area is 109 Å². The van der Waals surface area contributed by atoms with E-state index in [1.165, 1.54) is 14.0 Å². The number of hydrogen-bond acceptors (Lipinski definition) is 4. The molecule has 6 nitrogen and oxygen atoms in total. The summed E-state index contributed by atoms with van der Waals surface area (Å²) in [5.74, 6) is -4.13. The van der Waals surface area contributed by atoms with Gasteiger partial charge in [-0.15, -0.1) is 0 Å². The summed E-state index contributed by atoms with van der Waals surface area (Å²) in [6.07, 6.45) is 0. The Morgan fingerprint density at radius 2 is 1.95 bits per heavy atom. The highest BCUT2D eigenvalue weighted by atomic mass is 32.2. The quantitative estimate of drug-likeness (QED) is 0.779. The van der Waals surface area contributed by atoms with Crippen molar-refractivity contribution in [1.29, 1.82) is 0 Å². The lowest BCUT2D eigenvalue weighted by Gasteiger charge is -2.08. The van der Waals surface area contributed by atoms with Crippen LogP contribution in [-0.2, 0) is 14.6 Å². The van der Waals surface area contributed by atoms with Crippen molar-refractivity contribution >= 4 is 21.7 Å². The van der Waals surface area contributed by atoms with E-state index < -0.39 is 43.7 Å². The number of carbonyl (C=O) groups excluding carboxylic acids is 1. The summed E-state index contributed by atoms with van der Waals surface area (Å²) in [5.41, 5.74) is -0.856. The van der Waals surface area contributed by atoms with Crippen LogP contribution >= 0.6 is 0 Å². The van der Waals surface area contributed by atoms with Gasteiger partial charge in [0.25, 0.3) is 0 Å². The summed E-state index contributed by atoms with van der Waals surface area (Å²) in [5, 5.41) is 10.9. The number of sulfone groups is 1. The molecule has 2 N–H and O–H groups in total. The summed E-state index contributed by atoms with van der Waals surface area (Å²) < 4.78 is 37.2. The number of benzene rings is 1. The number of carboxylic acids is 1. The number of rotatable bonds is 4. The minimum atomic E-state index is -4.01. The lowest BCUT2D eigenvalue weighted by molar-refractivity contribution is -0.118. The van der Waals surface area contributed by atoms with E-state index in [9.17, 15) is 22.4 Å². The van der Waals surface area contributed by atoms with Gasteiger partial charge < -0.3 is 10.4 Å². The van der Waals surface area contributed by atoms with Gasteiger partial charge in [0.2, 0.25) is 5.91 Å². The molecule has 0 unspecified atom stereocenters. The van der Waals surface area contributed by atoms with Gasteiger partial charge in [0.05, 0.1) is 10.5 Å². The third kappa shape index (κ3) is 3.28. The van der Waals surface area contributed by atoms with Crippen LogP contribution in [0.1, 0.15) is 15.9 Å². The Balaban J connectivity index is 3.36. The number of carbonyl (C=O) groups is 2. The van der Waals surface area contributed by atoms with Crippen LogP contribution in [0.2, 0.25) is 0 Å². The summed E-state index contributed by atoms with van der Waals surface area (Å²) in [4.78, 5) is 21.5. The van der Waals surface area contributed by atoms with Crippen LogP contribution in [0.25, 0.3) is 0 Å². The van der Waals surface area contributed by atoms with Gasteiger partial charge in [-0.25, -0.2) is 17.6 Å². The van der Waals surface area contributed by atoms with Gasteiger partial charge in [-0.05, 0) is 24.6 Å². The van der Waals surface area contributed by atoms with E-state index in [-0.39, 0.29) is 5.56 Å². The molecular formula is C11H12FNO5S. The van der Waals surface area contributed by atoms with E-state index in [1.807, 2.05) is 0 Å². The standard InChI is InChI=1S/C11H12FNO5S/c1-6-3-7(4-8(10(6)12)11(15)16)19(17,18)5-9(14)13-2/h3-4H,5H2,1-2H3,(H,13,14)(H,15,16). The van der Waals surface area contributed by atoms with Crippen LogP contribution < -0.4 is 5.32 Å². The summed E-state index contributed by atoms with van der Waals surface area (Å²) in [7, 11) is -2.73. The van der Waals surface area contributed by atoms with Crippen molar-refractivity contribution in [3.63, 3.8) is 0 Å². The third-order valence-electron chi connectivity index (χ3n) is 2.42. The number of amides is 1. The first-order valence-corrected chi connectivity index (χ1v) is 6.81. The zero-order valence-corrected chi connectivity index (χ0v) is 11.0. The second-order valence-electron chi connectivity index (χ2n) is 3.84. The minimum absolute atomic E-state index is 0.115. The van der Waals surface area contributed by atoms with E-state index in [0.717, 1.165) is 6.07 Å². The molecule has 1 aromatic rings. The molecule has 0 atom stereocenters. The average molecular weight is 289 g/mol. The Morgan fingerprint density at radius 1 is 1.37 bits per heavy atom. The number of aryl methyl sites for hydroxylation is 1. The summed E-state index contributed by atoms with van der Waals surface area (Å²) in [6, 6.07) is 1.71. The van der Waals surface area contributed by atoms with Crippen molar-refractivity contribution in [2.45, 2.75) is 11.8 Å². The summed E-state index contributed by atoms with van der Waals surface area (Å²) >= 11 is 0. The number of hydrogen-bond donors (Lipinski definition) is 2.